The van der Waals surface area contributed by atoms with Gasteiger partial charge in [-0.25, -0.2) is 0 Å². The fraction of sp³-hybridized carbons (Fsp3) is 0.167. The lowest BCUT2D eigenvalue weighted by molar-refractivity contribution is -0.135. The minimum absolute atomic E-state index is 0.00819. The van der Waals surface area contributed by atoms with Crippen molar-refractivity contribution < 1.29 is 9.90 Å². The van der Waals surface area contributed by atoms with Crippen molar-refractivity contribution in [3.8, 4) is 0 Å². The molecule has 2 nitrogen and oxygen atoms in total. The predicted molar refractivity (Wildman–Crippen MR) is 36.4 cm³/mol. The molecule has 0 fully saturated rings. The highest BCUT2D eigenvalue weighted by molar-refractivity contribution is 6.30. The number of aliphatic carboxylic acids is 1. The Morgan fingerprint density at radius 1 is 1.78 bits per heavy atom. The Hall–Kier alpha value is -0.760. The van der Waals surface area contributed by atoms with Gasteiger partial charge in [0.05, 0.1) is 6.42 Å². The third-order valence-electron chi connectivity index (χ3n) is 0.591. The summed E-state index contributed by atoms with van der Waals surface area (Å²) >= 11 is 5.29. The van der Waals surface area contributed by atoms with E-state index in [0.717, 1.165) is 0 Å². The molecule has 3 heteroatoms. The Morgan fingerprint density at radius 3 is 2.67 bits per heavy atom. The van der Waals surface area contributed by atoms with Gasteiger partial charge in [0, 0.05) is 5.03 Å². The van der Waals surface area contributed by atoms with Gasteiger partial charge in [-0.15, -0.1) is 0 Å². The van der Waals surface area contributed by atoms with Crippen molar-refractivity contribution in [3.05, 3.63) is 23.8 Å². The van der Waals surface area contributed by atoms with E-state index in [1.54, 1.807) is 0 Å². The van der Waals surface area contributed by atoms with E-state index in [1.807, 2.05) is 0 Å². The fourth-order valence-electron chi connectivity index (χ4n) is 0.288. The van der Waals surface area contributed by atoms with Gasteiger partial charge in [-0.05, 0) is 6.08 Å². The predicted octanol–water partition coefficient (Wildman–Crippen LogP) is 1.77. The first-order chi connectivity index (χ1) is 4.13. The van der Waals surface area contributed by atoms with Crippen LogP contribution in [-0.4, -0.2) is 11.1 Å². The van der Waals surface area contributed by atoms with Crippen LogP contribution in [-0.2, 0) is 4.79 Å². The minimum atomic E-state index is -0.871. The van der Waals surface area contributed by atoms with E-state index in [4.69, 9.17) is 16.7 Å². The topological polar surface area (TPSA) is 37.3 Å². The van der Waals surface area contributed by atoms with Crippen molar-refractivity contribution in [2.24, 2.45) is 0 Å². The molecular weight excluding hydrogens is 140 g/mol. The molecule has 0 radical (unpaired) electrons. The molecule has 0 aromatic heterocycles. The van der Waals surface area contributed by atoms with Crippen LogP contribution in [0, 0.1) is 0 Å². The van der Waals surface area contributed by atoms with Gasteiger partial charge in [0.1, 0.15) is 0 Å². The molecule has 0 spiro atoms. The van der Waals surface area contributed by atoms with E-state index in [0.29, 0.717) is 5.03 Å². The van der Waals surface area contributed by atoms with Crippen LogP contribution < -0.4 is 0 Å². The second-order valence-corrected chi connectivity index (χ2v) is 1.93. The molecule has 0 unspecified atom stereocenters. The van der Waals surface area contributed by atoms with Gasteiger partial charge in [0.2, 0.25) is 0 Å². The number of hydrogen-bond donors (Lipinski definition) is 1. The van der Waals surface area contributed by atoms with Crippen molar-refractivity contribution in [2.45, 2.75) is 6.42 Å². The smallest absolute Gasteiger partial charge is 0.307 e. The summed E-state index contributed by atoms with van der Waals surface area (Å²) in [6, 6.07) is 0. The molecule has 1 N–H and O–H groups in total. The lowest BCUT2D eigenvalue weighted by atomic mass is 10.4. The first kappa shape index (κ1) is 8.24. The average Bonchev–Trinajstić information content (AvgIpc) is 1.63. The summed E-state index contributed by atoms with van der Waals surface area (Å²) < 4.78 is 0. The highest BCUT2D eigenvalue weighted by Crippen LogP contribution is 1.98. The van der Waals surface area contributed by atoms with Gasteiger partial charge >= 0.3 is 5.97 Å². The molecule has 0 saturated carbocycles. The number of carboxylic acid groups (broad SMARTS) is 1. The molecule has 0 amide bonds. The van der Waals surface area contributed by atoms with Crippen molar-refractivity contribution in [1.82, 2.24) is 0 Å². The molecule has 0 heterocycles. The molecule has 0 rings (SSSR count). The number of carboxylic acids is 1. The second kappa shape index (κ2) is 4.15. The van der Waals surface area contributed by atoms with Gasteiger partial charge in [-0.1, -0.05) is 24.3 Å². The molecule has 0 atom stereocenters. The van der Waals surface area contributed by atoms with Crippen molar-refractivity contribution in [1.29, 1.82) is 0 Å². The lowest BCUT2D eigenvalue weighted by Gasteiger charge is -1.81. The number of halogens is 1. The monoisotopic (exact) mass is 146 g/mol. The Kier molecular flexibility index (Phi) is 3.80. The summed E-state index contributed by atoms with van der Waals surface area (Å²) in [5.74, 6) is -0.871. The van der Waals surface area contributed by atoms with Gasteiger partial charge in [0.25, 0.3) is 0 Å². The zero-order valence-corrected chi connectivity index (χ0v) is 5.56. The zero-order chi connectivity index (χ0) is 7.28. The summed E-state index contributed by atoms with van der Waals surface area (Å²) in [5, 5.41) is 8.45. The standard InChI is InChI=1S/C6H7ClO2/c1-5(7)3-2-4-6(8)9/h2-3H,1,4H2,(H,8,9). The van der Waals surface area contributed by atoms with Gasteiger partial charge < -0.3 is 5.11 Å². The quantitative estimate of drug-likeness (QED) is 0.617. The number of rotatable bonds is 3. The maximum atomic E-state index is 9.86. The van der Waals surface area contributed by atoms with Gasteiger partial charge in [0.15, 0.2) is 0 Å². The van der Waals surface area contributed by atoms with Crippen LogP contribution in [0.3, 0.4) is 0 Å². The third-order valence-corrected chi connectivity index (χ3v) is 0.717. The first-order valence-corrected chi connectivity index (χ1v) is 2.73. The molecule has 0 aliphatic rings. The molecule has 0 saturated heterocycles. The molecule has 9 heavy (non-hydrogen) atoms. The van der Waals surface area contributed by atoms with Crippen LogP contribution in [0.4, 0.5) is 0 Å². The highest BCUT2D eigenvalue weighted by atomic mass is 35.5. The largest absolute Gasteiger partial charge is 0.481 e. The SMILES string of the molecule is C=C(Cl)C=CCC(=O)O. The van der Waals surface area contributed by atoms with Crippen molar-refractivity contribution in [3.63, 3.8) is 0 Å². The van der Waals surface area contributed by atoms with Crippen molar-refractivity contribution >= 4 is 17.6 Å². The van der Waals surface area contributed by atoms with E-state index >= 15 is 0 Å². The first-order valence-electron chi connectivity index (χ1n) is 2.35. The van der Waals surface area contributed by atoms with Crippen molar-refractivity contribution in [2.75, 3.05) is 0 Å². The van der Waals surface area contributed by atoms with Crippen LogP contribution in [0.5, 0.6) is 0 Å². The summed E-state index contributed by atoms with van der Waals surface area (Å²) in [4.78, 5) is 9.86. The molecule has 0 aliphatic heterocycles. The summed E-state index contributed by atoms with van der Waals surface area (Å²) in [6.45, 7) is 3.34. The molecule has 0 aromatic carbocycles. The fourth-order valence-corrected chi connectivity index (χ4v) is 0.377. The molecule has 0 bridgehead atoms. The Balaban J connectivity index is 3.48. The van der Waals surface area contributed by atoms with Gasteiger partial charge in [-0.3, -0.25) is 4.79 Å². The Bertz CT molecular complexity index is 149. The Labute approximate surface area is 58.4 Å². The summed E-state index contributed by atoms with van der Waals surface area (Å²) in [7, 11) is 0. The second-order valence-electron chi connectivity index (χ2n) is 1.45. The minimum Gasteiger partial charge on any atom is -0.481 e. The van der Waals surface area contributed by atoms with Crippen LogP contribution in [0.25, 0.3) is 0 Å². The number of allylic oxidation sites excluding steroid dienone is 2. The van der Waals surface area contributed by atoms with E-state index in [9.17, 15) is 4.79 Å². The molecule has 0 aromatic rings. The highest BCUT2D eigenvalue weighted by Gasteiger charge is 1.87. The van der Waals surface area contributed by atoms with Crippen LogP contribution in [0.15, 0.2) is 23.8 Å². The lowest BCUT2D eigenvalue weighted by Crippen LogP contribution is -1.89. The van der Waals surface area contributed by atoms with E-state index in [-0.39, 0.29) is 6.42 Å². The summed E-state index contributed by atoms with van der Waals surface area (Å²) in [6.07, 6.45) is 2.89. The average molecular weight is 147 g/mol. The Morgan fingerprint density at radius 2 is 2.33 bits per heavy atom. The maximum absolute atomic E-state index is 9.86. The van der Waals surface area contributed by atoms with Gasteiger partial charge in [-0.2, -0.15) is 0 Å². The normalized spacial score (nSPS) is 9.89. The molecular formula is C6H7ClO2. The summed E-state index contributed by atoms with van der Waals surface area (Å²) in [5.41, 5.74) is 0. The van der Waals surface area contributed by atoms with E-state index in [2.05, 4.69) is 6.58 Å². The van der Waals surface area contributed by atoms with Crippen LogP contribution in [0.2, 0.25) is 0 Å². The maximum Gasteiger partial charge on any atom is 0.307 e. The molecule has 50 valence electrons. The van der Waals surface area contributed by atoms with E-state index in [1.165, 1.54) is 12.2 Å². The van der Waals surface area contributed by atoms with E-state index < -0.39 is 5.97 Å². The molecule has 0 aliphatic carbocycles. The van der Waals surface area contributed by atoms with Crippen LogP contribution >= 0.6 is 11.6 Å². The third kappa shape index (κ3) is 7.24. The number of hydrogen-bond acceptors (Lipinski definition) is 1. The zero-order valence-electron chi connectivity index (χ0n) is 4.80. The van der Waals surface area contributed by atoms with Crippen LogP contribution in [0.1, 0.15) is 6.42 Å². The number of carbonyl (C=O) groups is 1.